The van der Waals surface area contributed by atoms with Gasteiger partial charge in [-0.25, -0.2) is 0 Å². The molecule has 1 aliphatic carbocycles. The van der Waals surface area contributed by atoms with Gasteiger partial charge in [-0.1, -0.05) is 54.6 Å². The predicted octanol–water partition coefficient (Wildman–Crippen LogP) is 4.56. The van der Waals surface area contributed by atoms with E-state index in [1.807, 2.05) is 60.7 Å². The van der Waals surface area contributed by atoms with Crippen molar-refractivity contribution >= 4 is 11.4 Å². The lowest BCUT2D eigenvalue weighted by Crippen LogP contribution is -2.21. The number of aryl methyl sites for hydroxylation is 1. The number of para-hydroxylation sites is 1. The second kappa shape index (κ2) is 7.84. The summed E-state index contributed by atoms with van der Waals surface area (Å²) in [5, 5.41) is 9.49. The molecule has 0 saturated carbocycles. The first-order chi connectivity index (χ1) is 12.7. The molecule has 3 rings (SSSR count). The van der Waals surface area contributed by atoms with Crippen molar-refractivity contribution in [3.8, 4) is 11.8 Å². The average molecular weight is 342 g/mol. The van der Waals surface area contributed by atoms with Gasteiger partial charge in [-0.15, -0.1) is 0 Å². The number of nitriles is 1. The summed E-state index contributed by atoms with van der Waals surface area (Å²) in [5.74, 6) is -0.160. The van der Waals surface area contributed by atoms with E-state index in [9.17, 15) is 10.1 Å². The van der Waals surface area contributed by atoms with Gasteiger partial charge < -0.3 is 4.74 Å². The van der Waals surface area contributed by atoms with E-state index in [-0.39, 0.29) is 5.78 Å². The first-order valence-electron chi connectivity index (χ1n) is 8.53. The van der Waals surface area contributed by atoms with Crippen LogP contribution in [0.25, 0.3) is 5.57 Å². The van der Waals surface area contributed by atoms with Crippen molar-refractivity contribution in [2.75, 3.05) is 7.11 Å². The minimum atomic E-state index is -0.792. The summed E-state index contributed by atoms with van der Waals surface area (Å²) >= 11 is 0. The van der Waals surface area contributed by atoms with Crippen LogP contribution in [-0.4, -0.2) is 12.9 Å². The number of hydrogen-bond donors (Lipinski definition) is 0. The lowest BCUT2D eigenvalue weighted by Gasteiger charge is -2.22. The minimum absolute atomic E-state index is 0.205. The molecule has 26 heavy (non-hydrogen) atoms. The number of carbonyl (C=O) groups is 1. The SMILES string of the molecule is [CH2]C1=C(CCc2ccccc2OC)C=C(c2ccccc2)C(C#N)C1=O. The number of Topliss-reactive ketones (excluding diaryl/α,β-unsaturated/α-hetero) is 1. The molecule has 1 unspecified atom stereocenters. The Morgan fingerprint density at radius 1 is 1.08 bits per heavy atom. The highest BCUT2D eigenvalue weighted by molar-refractivity contribution is 6.10. The van der Waals surface area contributed by atoms with Gasteiger partial charge in [-0.05, 0) is 48.1 Å². The fourth-order valence-electron chi connectivity index (χ4n) is 3.24. The van der Waals surface area contributed by atoms with E-state index < -0.39 is 5.92 Å². The van der Waals surface area contributed by atoms with Crippen LogP contribution in [0.15, 0.2) is 71.8 Å². The average Bonchev–Trinajstić information content (AvgIpc) is 2.69. The van der Waals surface area contributed by atoms with Gasteiger partial charge in [0.15, 0.2) is 5.78 Å². The molecule has 2 aromatic carbocycles. The molecule has 1 atom stereocenters. The van der Waals surface area contributed by atoms with Crippen LogP contribution in [0.1, 0.15) is 17.5 Å². The van der Waals surface area contributed by atoms with Gasteiger partial charge in [0.2, 0.25) is 0 Å². The van der Waals surface area contributed by atoms with Gasteiger partial charge in [0, 0.05) is 5.57 Å². The maximum Gasteiger partial charge on any atom is 0.180 e. The molecule has 0 saturated heterocycles. The largest absolute Gasteiger partial charge is 0.496 e. The number of hydrogen-bond acceptors (Lipinski definition) is 3. The van der Waals surface area contributed by atoms with Crippen molar-refractivity contribution < 1.29 is 9.53 Å². The Labute approximate surface area is 154 Å². The third kappa shape index (κ3) is 3.45. The highest BCUT2D eigenvalue weighted by atomic mass is 16.5. The van der Waals surface area contributed by atoms with Crippen LogP contribution in [0.3, 0.4) is 0 Å². The zero-order valence-corrected chi connectivity index (χ0v) is 14.7. The number of ether oxygens (including phenoxy) is 1. The van der Waals surface area contributed by atoms with Crippen LogP contribution in [-0.2, 0) is 11.2 Å². The number of allylic oxidation sites excluding steroid dienone is 4. The van der Waals surface area contributed by atoms with Gasteiger partial charge in [0.05, 0.1) is 13.2 Å². The van der Waals surface area contributed by atoms with E-state index in [0.29, 0.717) is 12.0 Å². The number of methoxy groups -OCH3 is 1. The van der Waals surface area contributed by atoms with Crippen molar-refractivity contribution in [1.82, 2.24) is 0 Å². The molecule has 0 aromatic heterocycles. The Hall–Kier alpha value is -3.12. The number of rotatable bonds is 5. The zero-order chi connectivity index (χ0) is 18.5. The second-order valence-electron chi connectivity index (χ2n) is 6.21. The highest BCUT2D eigenvalue weighted by Crippen LogP contribution is 2.34. The summed E-state index contributed by atoms with van der Waals surface area (Å²) in [6.07, 6.45) is 3.36. The molecule has 0 amide bonds. The Morgan fingerprint density at radius 2 is 1.77 bits per heavy atom. The molecule has 3 heteroatoms. The van der Waals surface area contributed by atoms with Gasteiger partial charge in [0.25, 0.3) is 0 Å². The molecule has 0 bridgehead atoms. The normalized spacial score (nSPS) is 16.9. The van der Waals surface area contributed by atoms with Crippen molar-refractivity contribution in [3.05, 3.63) is 89.9 Å². The van der Waals surface area contributed by atoms with Crippen LogP contribution in [0.4, 0.5) is 0 Å². The second-order valence-corrected chi connectivity index (χ2v) is 6.21. The molecule has 0 N–H and O–H groups in total. The van der Waals surface area contributed by atoms with Crippen LogP contribution < -0.4 is 4.74 Å². The van der Waals surface area contributed by atoms with E-state index in [1.54, 1.807) is 7.11 Å². The van der Waals surface area contributed by atoms with E-state index in [4.69, 9.17) is 4.74 Å². The molecule has 0 spiro atoms. The van der Waals surface area contributed by atoms with Crippen LogP contribution in [0, 0.1) is 24.2 Å². The van der Waals surface area contributed by atoms with Crippen LogP contribution >= 0.6 is 0 Å². The lowest BCUT2D eigenvalue weighted by atomic mass is 9.79. The Bertz CT molecular complexity index is 917. The van der Waals surface area contributed by atoms with Crippen molar-refractivity contribution in [1.29, 1.82) is 5.26 Å². The number of ketones is 1. The van der Waals surface area contributed by atoms with Crippen molar-refractivity contribution in [2.24, 2.45) is 5.92 Å². The van der Waals surface area contributed by atoms with E-state index in [2.05, 4.69) is 13.0 Å². The van der Waals surface area contributed by atoms with E-state index in [1.165, 1.54) is 0 Å². The molecule has 1 radical (unpaired) electrons. The molecule has 0 aliphatic heterocycles. The quantitative estimate of drug-likeness (QED) is 0.800. The lowest BCUT2D eigenvalue weighted by molar-refractivity contribution is -0.116. The molecule has 1 aliphatic rings. The Balaban J connectivity index is 1.93. The minimum Gasteiger partial charge on any atom is -0.496 e. The first kappa shape index (κ1) is 17.7. The summed E-state index contributed by atoms with van der Waals surface area (Å²) in [5.41, 5.74) is 4.05. The molecule has 3 nitrogen and oxygen atoms in total. The summed E-state index contributed by atoms with van der Waals surface area (Å²) < 4.78 is 5.40. The zero-order valence-electron chi connectivity index (χ0n) is 14.7. The van der Waals surface area contributed by atoms with Gasteiger partial charge in [0.1, 0.15) is 11.7 Å². The van der Waals surface area contributed by atoms with Crippen molar-refractivity contribution in [3.63, 3.8) is 0 Å². The smallest absolute Gasteiger partial charge is 0.180 e. The highest BCUT2D eigenvalue weighted by Gasteiger charge is 2.30. The maximum absolute atomic E-state index is 12.7. The predicted molar refractivity (Wildman–Crippen MR) is 102 cm³/mol. The summed E-state index contributed by atoms with van der Waals surface area (Å²) in [7, 11) is 1.65. The Kier molecular flexibility index (Phi) is 5.34. The first-order valence-corrected chi connectivity index (χ1v) is 8.53. The maximum atomic E-state index is 12.7. The van der Waals surface area contributed by atoms with Crippen LogP contribution in [0.2, 0.25) is 0 Å². The number of carbonyl (C=O) groups excluding carboxylic acids is 1. The van der Waals surface area contributed by atoms with Crippen LogP contribution in [0.5, 0.6) is 5.75 Å². The summed E-state index contributed by atoms with van der Waals surface area (Å²) in [4.78, 5) is 12.7. The third-order valence-electron chi connectivity index (χ3n) is 4.68. The summed E-state index contributed by atoms with van der Waals surface area (Å²) in [6, 6.07) is 19.6. The molecule has 129 valence electrons. The van der Waals surface area contributed by atoms with E-state index >= 15 is 0 Å². The monoisotopic (exact) mass is 342 g/mol. The third-order valence-corrected chi connectivity index (χ3v) is 4.68. The topological polar surface area (TPSA) is 50.1 Å². The number of benzene rings is 2. The molecule has 0 heterocycles. The summed E-state index contributed by atoms with van der Waals surface area (Å²) in [6.45, 7) is 3.94. The fraction of sp³-hybridized carbons (Fsp3) is 0.174. The van der Waals surface area contributed by atoms with Gasteiger partial charge in [-0.2, -0.15) is 5.26 Å². The standard InChI is InChI=1S/C23H20NO2/c1-16-19(13-12-18-10-6-7-11-22(18)26-2)14-20(21(15-24)23(16)25)17-8-4-3-5-9-17/h3-11,14,21H,1,12-13H2,2H3. The molecular weight excluding hydrogens is 322 g/mol. The number of nitrogens with zero attached hydrogens (tertiary/aromatic N) is 1. The fourth-order valence-corrected chi connectivity index (χ4v) is 3.24. The molecular formula is C23H20NO2. The Morgan fingerprint density at radius 3 is 2.46 bits per heavy atom. The van der Waals surface area contributed by atoms with Gasteiger partial charge >= 0.3 is 0 Å². The molecule has 2 aromatic rings. The van der Waals surface area contributed by atoms with E-state index in [0.717, 1.165) is 34.4 Å². The van der Waals surface area contributed by atoms with Crippen molar-refractivity contribution in [2.45, 2.75) is 12.8 Å². The van der Waals surface area contributed by atoms with Gasteiger partial charge in [-0.3, -0.25) is 4.79 Å². The molecule has 0 fully saturated rings.